The van der Waals surface area contributed by atoms with E-state index in [1.807, 2.05) is 39.0 Å². The molecule has 1 rings (SSSR count). The zero-order valence-electron chi connectivity index (χ0n) is 11.8. The first-order valence-corrected chi connectivity index (χ1v) is 6.64. The van der Waals surface area contributed by atoms with Crippen LogP contribution in [-0.2, 0) is 4.79 Å². The standard InChI is InChI=1S/C15H23NO3/c1-4-19-14-6-5-10(2)7-12(14)13(16)8-11(3)9-15(17)18/h5-7,11,13H,4,8-9,16H2,1-3H3,(H,17,18). The summed E-state index contributed by atoms with van der Waals surface area (Å²) in [5.74, 6) is 0.0552. The van der Waals surface area contributed by atoms with E-state index in [-0.39, 0.29) is 18.4 Å². The highest BCUT2D eigenvalue weighted by Crippen LogP contribution is 2.29. The molecular formula is C15H23NO3. The number of carboxylic acid groups (broad SMARTS) is 1. The normalized spacial score (nSPS) is 13.9. The van der Waals surface area contributed by atoms with Gasteiger partial charge in [-0.2, -0.15) is 0 Å². The molecule has 0 bridgehead atoms. The average Bonchev–Trinajstić information content (AvgIpc) is 2.30. The molecule has 0 amide bonds. The second kappa shape index (κ2) is 7.14. The van der Waals surface area contributed by atoms with Crippen molar-refractivity contribution in [3.8, 4) is 5.75 Å². The summed E-state index contributed by atoms with van der Waals surface area (Å²) < 4.78 is 5.58. The van der Waals surface area contributed by atoms with Crippen molar-refractivity contribution in [3.05, 3.63) is 29.3 Å². The summed E-state index contributed by atoms with van der Waals surface area (Å²) in [4.78, 5) is 10.7. The number of hydrogen-bond acceptors (Lipinski definition) is 3. The Morgan fingerprint density at radius 2 is 2.16 bits per heavy atom. The number of aryl methyl sites for hydroxylation is 1. The Morgan fingerprint density at radius 3 is 2.74 bits per heavy atom. The molecule has 1 aromatic carbocycles. The lowest BCUT2D eigenvalue weighted by atomic mass is 9.93. The molecule has 2 unspecified atom stereocenters. The molecule has 0 fully saturated rings. The van der Waals surface area contributed by atoms with E-state index in [1.54, 1.807) is 0 Å². The Balaban J connectivity index is 2.82. The molecule has 1 aromatic rings. The van der Waals surface area contributed by atoms with Gasteiger partial charge in [0.1, 0.15) is 5.75 Å². The Kier molecular flexibility index (Phi) is 5.83. The number of hydrogen-bond donors (Lipinski definition) is 2. The van der Waals surface area contributed by atoms with Crippen LogP contribution >= 0.6 is 0 Å². The van der Waals surface area contributed by atoms with Gasteiger partial charge in [-0.1, -0.05) is 24.6 Å². The number of carbonyl (C=O) groups is 1. The van der Waals surface area contributed by atoms with Crippen LogP contribution in [0.1, 0.15) is 43.9 Å². The van der Waals surface area contributed by atoms with Gasteiger partial charge < -0.3 is 15.6 Å². The lowest BCUT2D eigenvalue weighted by Gasteiger charge is -2.20. The molecular weight excluding hydrogens is 242 g/mol. The number of rotatable bonds is 7. The molecule has 0 radical (unpaired) electrons. The Bertz CT molecular complexity index is 431. The maximum absolute atomic E-state index is 10.7. The average molecular weight is 265 g/mol. The zero-order valence-corrected chi connectivity index (χ0v) is 11.8. The lowest BCUT2D eigenvalue weighted by molar-refractivity contribution is -0.138. The molecule has 0 spiro atoms. The molecule has 3 N–H and O–H groups in total. The van der Waals surface area contributed by atoms with Gasteiger partial charge in [-0.3, -0.25) is 4.79 Å². The summed E-state index contributed by atoms with van der Waals surface area (Å²) in [6.07, 6.45) is 0.777. The number of aliphatic carboxylic acids is 1. The molecule has 106 valence electrons. The largest absolute Gasteiger partial charge is 0.494 e. The van der Waals surface area contributed by atoms with Gasteiger partial charge >= 0.3 is 5.97 Å². The van der Waals surface area contributed by atoms with Gasteiger partial charge in [0.05, 0.1) is 6.61 Å². The van der Waals surface area contributed by atoms with Crippen LogP contribution in [0.4, 0.5) is 0 Å². The Labute approximate surface area is 114 Å². The van der Waals surface area contributed by atoms with Gasteiger partial charge in [-0.25, -0.2) is 0 Å². The minimum Gasteiger partial charge on any atom is -0.494 e. The van der Waals surface area contributed by atoms with Crippen molar-refractivity contribution in [2.75, 3.05) is 6.61 Å². The van der Waals surface area contributed by atoms with Crippen LogP contribution in [0.3, 0.4) is 0 Å². The summed E-state index contributed by atoms with van der Waals surface area (Å²) in [5, 5.41) is 8.78. The first-order chi connectivity index (χ1) is 8.93. The first-order valence-electron chi connectivity index (χ1n) is 6.64. The van der Waals surface area contributed by atoms with Gasteiger partial charge in [0, 0.05) is 18.0 Å². The quantitative estimate of drug-likeness (QED) is 0.795. The minimum atomic E-state index is -0.783. The number of ether oxygens (including phenoxy) is 1. The molecule has 2 atom stereocenters. The van der Waals surface area contributed by atoms with E-state index in [1.165, 1.54) is 0 Å². The summed E-state index contributed by atoms with van der Waals surface area (Å²) in [5.41, 5.74) is 8.28. The fraction of sp³-hybridized carbons (Fsp3) is 0.533. The van der Waals surface area contributed by atoms with Crippen molar-refractivity contribution < 1.29 is 14.6 Å². The monoisotopic (exact) mass is 265 g/mol. The molecule has 0 aliphatic rings. The molecule has 4 heteroatoms. The molecule has 4 nitrogen and oxygen atoms in total. The molecule has 0 heterocycles. The third kappa shape index (κ3) is 4.91. The highest BCUT2D eigenvalue weighted by molar-refractivity contribution is 5.66. The molecule has 0 saturated carbocycles. The summed E-state index contributed by atoms with van der Waals surface area (Å²) in [6.45, 7) is 6.44. The maximum atomic E-state index is 10.7. The van der Waals surface area contributed by atoms with Crippen LogP contribution in [0.25, 0.3) is 0 Å². The van der Waals surface area contributed by atoms with Crippen LogP contribution in [0.15, 0.2) is 18.2 Å². The smallest absolute Gasteiger partial charge is 0.303 e. The van der Waals surface area contributed by atoms with Crippen molar-refractivity contribution in [2.45, 2.75) is 39.7 Å². The zero-order chi connectivity index (χ0) is 14.4. The lowest BCUT2D eigenvalue weighted by Crippen LogP contribution is -2.17. The van der Waals surface area contributed by atoms with Gasteiger partial charge in [-0.05, 0) is 32.3 Å². The summed E-state index contributed by atoms with van der Waals surface area (Å²) >= 11 is 0. The van der Waals surface area contributed by atoms with E-state index in [2.05, 4.69) is 0 Å². The third-order valence-corrected chi connectivity index (χ3v) is 3.04. The van der Waals surface area contributed by atoms with Crippen LogP contribution in [0.5, 0.6) is 5.75 Å². The highest BCUT2D eigenvalue weighted by Gasteiger charge is 2.17. The highest BCUT2D eigenvalue weighted by atomic mass is 16.5. The van der Waals surface area contributed by atoms with Crippen molar-refractivity contribution in [3.63, 3.8) is 0 Å². The number of benzene rings is 1. The van der Waals surface area contributed by atoms with Gasteiger partial charge in [-0.15, -0.1) is 0 Å². The van der Waals surface area contributed by atoms with Crippen LogP contribution < -0.4 is 10.5 Å². The van der Waals surface area contributed by atoms with Crippen molar-refractivity contribution >= 4 is 5.97 Å². The SMILES string of the molecule is CCOc1ccc(C)cc1C(N)CC(C)CC(=O)O. The Morgan fingerprint density at radius 1 is 1.47 bits per heavy atom. The number of carboxylic acids is 1. The van der Waals surface area contributed by atoms with Crippen molar-refractivity contribution in [1.29, 1.82) is 0 Å². The van der Waals surface area contributed by atoms with Crippen LogP contribution in [-0.4, -0.2) is 17.7 Å². The van der Waals surface area contributed by atoms with E-state index >= 15 is 0 Å². The maximum Gasteiger partial charge on any atom is 0.303 e. The molecule has 0 aliphatic carbocycles. The molecule has 0 aromatic heterocycles. The second-order valence-corrected chi connectivity index (χ2v) is 5.02. The second-order valence-electron chi connectivity index (χ2n) is 5.02. The van der Waals surface area contributed by atoms with Gasteiger partial charge in [0.15, 0.2) is 0 Å². The van der Waals surface area contributed by atoms with Crippen molar-refractivity contribution in [1.82, 2.24) is 0 Å². The topological polar surface area (TPSA) is 72.5 Å². The van der Waals surface area contributed by atoms with E-state index in [9.17, 15) is 4.79 Å². The van der Waals surface area contributed by atoms with Crippen LogP contribution in [0.2, 0.25) is 0 Å². The predicted molar refractivity (Wildman–Crippen MR) is 75.3 cm³/mol. The Hall–Kier alpha value is -1.55. The first kappa shape index (κ1) is 15.5. The molecule has 0 aliphatic heterocycles. The number of nitrogens with two attached hydrogens (primary N) is 1. The fourth-order valence-corrected chi connectivity index (χ4v) is 2.19. The predicted octanol–water partition coefficient (Wildman–Crippen LogP) is 2.89. The fourth-order valence-electron chi connectivity index (χ4n) is 2.19. The molecule has 19 heavy (non-hydrogen) atoms. The molecule has 0 saturated heterocycles. The van der Waals surface area contributed by atoms with E-state index in [4.69, 9.17) is 15.6 Å². The van der Waals surface area contributed by atoms with E-state index in [0.717, 1.165) is 16.9 Å². The third-order valence-electron chi connectivity index (χ3n) is 3.04. The summed E-state index contributed by atoms with van der Waals surface area (Å²) in [6, 6.07) is 5.73. The van der Waals surface area contributed by atoms with E-state index < -0.39 is 5.97 Å². The summed E-state index contributed by atoms with van der Waals surface area (Å²) in [7, 11) is 0. The van der Waals surface area contributed by atoms with Gasteiger partial charge in [0.2, 0.25) is 0 Å². The van der Waals surface area contributed by atoms with E-state index in [0.29, 0.717) is 13.0 Å². The van der Waals surface area contributed by atoms with Crippen LogP contribution in [0, 0.1) is 12.8 Å². The van der Waals surface area contributed by atoms with Gasteiger partial charge in [0.25, 0.3) is 0 Å². The minimum absolute atomic E-state index is 0.0440. The van der Waals surface area contributed by atoms with Crippen molar-refractivity contribution in [2.24, 2.45) is 11.7 Å².